The van der Waals surface area contributed by atoms with Gasteiger partial charge in [-0.2, -0.15) is 5.26 Å². The summed E-state index contributed by atoms with van der Waals surface area (Å²) < 4.78 is 26.9. The summed E-state index contributed by atoms with van der Waals surface area (Å²) in [6.45, 7) is 0. The summed E-state index contributed by atoms with van der Waals surface area (Å²) in [5, 5.41) is 14.0. The Morgan fingerprint density at radius 2 is 1.78 bits per heavy atom. The molecule has 0 aliphatic rings. The predicted molar refractivity (Wildman–Crippen MR) is 83.8 cm³/mol. The average molecular weight is 334 g/mol. The van der Waals surface area contributed by atoms with Crippen molar-refractivity contribution in [1.29, 1.82) is 5.26 Å². The molecule has 0 saturated heterocycles. The van der Waals surface area contributed by atoms with Gasteiger partial charge in [0.1, 0.15) is 29.0 Å². The van der Waals surface area contributed by atoms with E-state index in [9.17, 15) is 13.6 Å². The number of anilines is 2. The Morgan fingerprint density at radius 1 is 1.13 bits per heavy atom. The van der Waals surface area contributed by atoms with Crippen LogP contribution in [0.4, 0.5) is 20.2 Å². The minimum Gasteiger partial charge on any atom is -0.355 e. The van der Waals surface area contributed by atoms with Gasteiger partial charge in [-0.25, -0.2) is 8.78 Å². The Morgan fingerprint density at radius 3 is 2.39 bits per heavy atom. The fourth-order valence-corrected chi connectivity index (χ4v) is 1.86. The summed E-state index contributed by atoms with van der Waals surface area (Å²) in [7, 11) is 0. The molecule has 0 heterocycles. The van der Waals surface area contributed by atoms with Crippen molar-refractivity contribution in [1.82, 2.24) is 0 Å². The summed E-state index contributed by atoms with van der Waals surface area (Å²) >= 11 is 5.90. The number of hydrogen-bond acceptors (Lipinski definition) is 3. The molecule has 0 aliphatic heterocycles. The molecule has 0 unspecified atom stereocenters. The van der Waals surface area contributed by atoms with Crippen LogP contribution >= 0.6 is 11.6 Å². The van der Waals surface area contributed by atoms with Gasteiger partial charge < -0.3 is 10.6 Å². The van der Waals surface area contributed by atoms with Gasteiger partial charge in [0, 0.05) is 6.20 Å². The molecule has 2 rings (SSSR count). The lowest BCUT2D eigenvalue weighted by Gasteiger charge is -2.07. The number of rotatable bonds is 4. The van der Waals surface area contributed by atoms with Crippen LogP contribution in [0, 0.1) is 23.0 Å². The van der Waals surface area contributed by atoms with Crippen LogP contribution in [0.5, 0.6) is 0 Å². The Bertz CT molecular complexity index is 795. The zero-order valence-electron chi connectivity index (χ0n) is 11.6. The zero-order valence-corrected chi connectivity index (χ0v) is 12.4. The van der Waals surface area contributed by atoms with Gasteiger partial charge >= 0.3 is 0 Å². The Hall–Kier alpha value is -2.91. The molecule has 2 aromatic carbocycles. The second kappa shape index (κ2) is 7.38. The van der Waals surface area contributed by atoms with Crippen molar-refractivity contribution < 1.29 is 13.6 Å². The van der Waals surface area contributed by atoms with Gasteiger partial charge in [-0.3, -0.25) is 4.79 Å². The molecule has 0 fully saturated rings. The lowest BCUT2D eigenvalue weighted by molar-refractivity contribution is -0.112. The Labute approximate surface area is 136 Å². The van der Waals surface area contributed by atoms with E-state index in [-0.39, 0.29) is 5.57 Å². The summed E-state index contributed by atoms with van der Waals surface area (Å²) in [5.74, 6) is -2.44. The third-order valence-corrected chi connectivity index (χ3v) is 3.14. The molecular formula is C16H10ClF2N3O. The van der Waals surface area contributed by atoms with Gasteiger partial charge in [-0.1, -0.05) is 29.8 Å². The van der Waals surface area contributed by atoms with Gasteiger partial charge in [0.2, 0.25) is 0 Å². The lowest BCUT2D eigenvalue weighted by Crippen LogP contribution is -2.15. The van der Waals surface area contributed by atoms with E-state index in [4.69, 9.17) is 16.9 Å². The molecule has 0 aliphatic carbocycles. The molecule has 2 aromatic rings. The van der Waals surface area contributed by atoms with Crippen LogP contribution in [-0.2, 0) is 4.79 Å². The number of nitrogens with one attached hydrogen (secondary N) is 2. The highest BCUT2D eigenvalue weighted by atomic mass is 35.5. The Kier molecular flexibility index (Phi) is 5.28. The topological polar surface area (TPSA) is 64.9 Å². The number of nitrogens with zero attached hydrogens (tertiary/aromatic N) is 1. The predicted octanol–water partition coefficient (Wildman–Crippen LogP) is 4.08. The van der Waals surface area contributed by atoms with E-state index in [1.807, 2.05) is 0 Å². The van der Waals surface area contributed by atoms with E-state index in [0.29, 0.717) is 10.7 Å². The van der Waals surface area contributed by atoms with E-state index < -0.39 is 23.2 Å². The highest BCUT2D eigenvalue weighted by molar-refractivity contribution is 6.33. The minimum atomic E-state index is -0.843. The first-order valence-corrected chi connectivity index (χ1v) is 6.77. The maximum absolute atomic E-state index is 13.5. The van der Waals surface area contributed by atoms with Gasteiger partial charge in [0.15, 0.2) is 0 Å². The number of benzene rings is 2. The molecule has 0 atom stereocenters. The molecule has 116 valence electrons. The van der Waals surface area contributed by atoms with Crippen LogP contribution in [0.15, 0.2) is 54.2 Å². The number of carbonyl (C=O) groups excluding carboxylic acids is 1. The normalized spacial score (nSPS) is 10.8. The van der Waals surface area contributed by atoms with Crippen LogP contribution in [-0.4, -0.2) is 5.91 Å². The zero-order chi connectivity index (χ0) is 16.8. The van der Waals surface area contributed by atoms with Crippen molar-refractivity contribution in [3.05, 3.63) is 70.9 Å². The standard InChI is InChI=1S/C16H10ClF2N3O/c17-11-4-1-2-7-14(11)22-16(23)10(8-20)9-21-15-12(18)5-3-6-13(15)19/h1-7,9,21H,(H,22,23)/b10-9-. The van der Waals surface area contributed by atoms with Crippen molar-refractivity contribution in [2.45, 2.75) is 0 Å². The molecule has 2 N–H and O–H groups in total. The van der Waals surface area contributed by atoms with E-state index in [2.05, 4.69) is 10.6 Å². The smallest absolute Gasteiger partial charge is 0.267 e. The number of amides is 1. The maximum Gasteiger partial charge on any atom is 0.267 e. The number of carbonyl (C=O) groups is 1. The summed E-state index contributed by atoms with van der Waals surface area (Å²) in [4.78, 5) is 12.0. The maximum atomic E-state index is 13.5. The molecule has 4 nitrogen and oxygen atoms in total. The summed E-state index contributed by atoms with van der Waals surface area (Å²) in [5.41, 5.74) is -0.504. The van der Waals surface area contributed by atoms with Gasteiger partial charge in [0.05, 0.1) is 10.7 Å². The molecule has 0 bridgehead atoms. The highest BCUT2D eigenvalue weighted by Crippen LogP contribution is 2.21. The number of para-hydroxylation sites is 2. The molecule has 0 aromatic heterocycles. The van der Waals surface area contributed by atoms with E-state index in [0.717, 1.165) is 18.3 Å². The van der Waals surface area contributed by atoms with Crippen LogP contribution < -0.4 is 10.6 Å². The molecule has 1 amide bonds. The van der Waals surface area contributed by atoms with Crippen molar-refractivity contribution >= 4 is 28.9 Å². The fourth-order valence-electron chi connectivity index (χ4n) is 1.68. The van der Waals surface area contributed by atoms with Crippen molar-refractivity contribution in [2.75, 3.05) is 10.6 Å². The largest absolute Gasteiger partial charge is 0.355 e. The fraction of sp³-hybridized carbons (Fsp3) is 0. The number of halogens is 3. The van der Waals surface area contributed by atoms with Crippen LogP contribution in [0.25, 0.3) is 0 Å². The van der Waals surface area contributed by atoms with Crippen LogP contribution in [0.1, 0.15) is 0 Å². The monoisotopic (exact) mass is 333 g/mol. The minimum absolute atomic E-state index is 0.297. The van der Waals surface area contributed by atoms with Gasteiger partial charge in [-0.15, -0.1) is 0 Å². The van der Waals surface area contributed by atoms with Crippen molar-refractivity contribution in [2.24, 2.45) is 0 Å². The molecule has 23 heavy (non-hydrogen) atoms. The van der Waals surface area contributed by atoms with Crippen LogP contribution in [0.3, 0.4) is 0 Å². The second-order valence-corrected chi connectivity index (χ2v) is 4.75. The first-order chi connectivity index (χ1) is 11.0. The van der Waals surface area contributed by atoms with Crippen LogP contribution in [0.2, 0.25) is 5.02 Å². The Balaban J connectivity index is 2.18. The SMILES string of the molecule is N#C/C(=C/Nc1c(F)cccc1F)C(=O)Nc1ccccc1Cl. The van der Waals surface area contributed by atoms with Gasteiger partial charge in [-0.05, 0) is 24.3 Å². The molecule has 0 radical (unpaired) electrons. The molecule has 0 saturated carbocycles. The quantitative estimate of drug-likeness (QED) is 0.654. The molecular weight excluding hydrogens is 324 g/mol. The lowest BCUT2D eigenvalue weighted by atomic mass is 10.2. The number of nitriles is 1. The van der Waals surface area contributed by atoms with Crippen molar-refractivity contribution in [3.8, 4) is 6.07 Å². The van der Waals surface area contributed by atoms with E-state index >= 15 is 0 Å². The van der Waals surface area contributed by atoms with Gasteiger partial charge in [0.25, 0.3) is 5.91 Å². The third-order valence-electron chi connectivity index (χ3n) is 2.81. The average Bonchev–Trinajstić information content (AvgIpc) is 2.52. The first-order valence-electron chi connectivity index (χ1n) is 6.39. The first kappa shape index (κ1) is 16.5. The molecule has 0 spiro atoms. The second-order valence-electron chi connectivity index (χ2n) is 4.34. The summed E-state index contributed by atoms with van der Waals surface area (Å²) in [6.07, 6.45) is 0.924. The summed E-state index contributed by atoms with van der Waals surface area (Å²) in [6, 6.07) is 11.4. The van der Waals surface area contributed by atoms with E-state index in [1.54, 1.807) is 30.3 Å². The number of hydrogen-bond donors (Lipinski definition) is 2. The third kappa shape index (κ3) is 4.05. The molecule has 7 heteroatoms. The highest BCUT2D eigenvalue weighted by Gasteiger charge is 2.12. The van der Waals surface area contributed by atoms with E-state index in [1.165, 1.54) is 6.07 Å². The van der Waals surface area contributed by atoms with Crippen molar-refractivity contribution in [3.63, 3.8) is 0 Å².